The van der Waals surface area contributed by atoms with Gasteiger partial charge in [0.1, 0.15) is 5.82 Å². The number of ether oxygens (including phenoxy) is 1. The molecule has 1 saturated carbocycles. The molecule has 0 spiro atoms. The number of nitrogens with one attached hydrogen (secondary N) is 1. The second-order valence-corrected chi connectivity index (χ2v) is 4.71. The van der Waals surface area contributed by atoms with Gasteiger partial charge >= 0.3 is 0 Å². The van der Waals surface area contributed by atoms with E-state index in [1.807, 2.05) is 0 Å². The first-order chi connectivity index (χ1) is 8.69. The summed E-state index contributed by atoms with van der Waals surface area (Å²) in [5.41, 5.74) is 0.648. The molecule has 0 unspecified atom stereocenters. The normalized spacial score (nSPS) is 23.7. The van der Waals surface area contributed by atoms with E-state index in [1.54, 1.807) is 19.2 Å². The quantitative estimate of drug-likeness (QED) is 0.897. The number of carbonyl (C=O) groups is 1. The van der Waals surface area contributed by atoms with Gasteiger partial charge in [-0.15, -0.1) is 0 Å². The molecule has 1 aromatic carbocycles. The topological polar surface area (TPSA) is 38.3 Å². The average Bonchev–Trinajstić information content (AvgIpc) is 2.41. The summed E-state index contributed by atoms with van der Waals surface area (Å²) >= 11 is 0. The molecule has 1 aromatic rings. The highest BCUT2D eigenvalue weighted by Gasteiger charge is 2.26. The molecule has 2 rings (SSSR count). The van der Waals surface area contributed by atoms with Gasteiger partial charge < -0.3 is 10.1 Å². The number of amides is 1. The predicted octanol–water partition coefficient (Wildman–Crippen LogP) is 2.97. The van der Waals surface area contributed by atoms with Crippen molar-refractivity contribution in [3.05, 3.63) is 30.1 Å². The van der Waals surface area contributed by atoms with Crippen LogP contribution in [0.25, 0.3) is 0 Å². The highest BCUT2D eigenvalue weighted by atomic mass is 19.1. The number of hydrogen-bond donors (Lipinski definition) is 1. The van der Waals surface area contributed by atoms with Crippen molar-refractivity contribution in [3.8, 4) is 0 Å². The van der Waals surface area contributed by atoms with Gasteiger partial charge in [0.15, 0.2) is 0 Å². The molecule has 1 fully saturated rings. The second-order valence-electron chi connectivity index (χ2n) is 4.71. The Morgan fingerprint density at radius 1 is 1.22 bits per heavy atom. The van der Waals surface area contributed by atoms with E-state index in [1.165, 1.54) is 12.1 Å². The summed E-state index contributed by atoms with van der Waals surface area (Å²) < 4.78 is 18.0. The molecule has 1 aliphatic carbocycles. The third-order valence-corrected chi connectivity index (χ3v) is 3.49. The Balaban J connectivity index is 1.87. The highest BCUT2D eigenvalue weighted by molar-refractivity contribution is 5.92. The molecular weight excluding hydrogens is 233 g/mol. The minimum Gasteiger partial charge on any atom is -0.381 e. The molecule has 4 heteroatoms. The van der Waals surface area contributed by atoms with Gasteiger partial charge in [0, 0.05) is 18.7 Å². The Labute approximate surface area is 106 Å². The van der Waals surface area contributed by atoms with Crippen LogP contribution < -0.4 is 5.32 Å². The SMILES string of the molecule is COC1CCC(C(=O)Nc2ccc(F)cc2)CC1. The minimum absolute atomic E-state index is 0.0242. The van der Waals surface area contributed by atoms with E-state index in [0.29, 0.717) is 11.8 Å². The zero-order valence-corrected chi connectivity index (χ0v) is 10.5. The van der Waals surface area contributed by atoms with Crippen LogP contribution in [0.1, 0.15) is 25.7 Å². The lowest BCUT2D eigenvalue weighted by Gasteiger charge is -2.26. The molecule has 0 radical (unpaired) electrons. The summed E-state index contributed by atoms with van der Waals surface area (Å²) in [5, 5.41) is 2.83. The van der Waals surface area contributed by atoms with E-state index < -0.39 is 0 Å². The van der Waals surface area contributed by atoms with Gasteiger partial charge in [-0.05, 0) is 49.9 Å². The van der Waals surface area contributed by atoms with Crippen molar-refractivity contribution in [2.45, 2.75) is 31.8 Å². The van der Waals surface area contributed by atoms with Gasteiger partial charge in [0.25, 0.3) is 0 Å². The number of rotatable bonds is 3. The lowest BCUT2D eigenvalue weighted by Crippen LogP contribution is -2.29. The number of benzene rings is 1. The van der Waals surface area contributed by atoms with Crippen LogP contribution in [0.4, 0.5) is 10.1 Å². The van der Waals surface area contributed by atoms with E-state index in [0.717, 1.165) is 25.7 Å². The van der Waals surface area contributed by atoms with E-state index in [4.69, 9.17) is 4.74 Å². The standard InChI is InChI=1S/C14H18FNO2/c1-18-13-8-2-10(3-9-13)14(17)16-12-6-4-11(15)5-7-12/h4-7,10,13H,2-3,8-9H2,1H3,(H,16,17). The largest absolute Gasteiger partial charge is 0.381 e. The molecule has 0 heterocycles. The van der Waals surface area contributed by atoms with Gasteiger partial charge in [0.2, 0.25) is 5.91 Å². The van der Waals surface area contributed by atoms with Gasteiger partial charge in [0.05, 0.1) is 6.10 Å². The molecule has 0 saturated heterocycles. The number of hydrogen-bond acceptors (Lipinski definition) is 2. The van der Waals surface area contributed by atoms with Crippen molar-refractivity contribution in [3.63, 3.8) is 0 Å². The zero-order chi connectivity index (χ0) is 13.0. The van der Waals surface area contributed by atoms with Gasteiger partial charge in [-0.2, -0.15) is 0 Å². The fourth-order valence-electron chi connectivity index (χ4n) is 2.34. The summed E-state index contributed by atoms with van der Waals surface area (Å²) in [6.07, 6.45) is 3.85. The summed E-state index contributed by atoms with van der Waals surface area (Å²) in [4.78, 5) is 12.0. The summed E-state index contributed by atoms with van der Waals surface area (Å²) in [6, 6.07) is 5.84. The van der Waals surface area contributed by atoms with Crippen molar-refractivity contribution in [2.24, 2.45) is 5.92 Å². The summed E-state index contributed by atoms with van der Waals surface area (Å²) in [7, 11) is 1.71. The van der Waals surface area contributed by atoms with E-state index in [2.05, 4.69) is 5.32 Å². The van der Waals surface area contributed by atoms with Crippen LogP contribution in [0.3, 0.4) is 0 Å². The van der Waals surface area contributed by atoms with E-state index in [9.17, 15) is 9.18 Å². The van der Waals surface area contributed by atoms with Crippen molar-refractivity contribution in [1.82, 2.24) is 0 Å². The molecule has 0 bridgehead atoms. The number of methoxy groups -OCH3 is 1. The maximum Gasteiger partial charge on any atom is 0.227 e. The van der Waals surface area contributed by atoms with Crippen molar-refractivity contribution < 1.29 is 13.9 Å². The van der Waals surface area contributed by atoms with Gasteiger partial charge in [-0.1, -0.05) is 0 Å². The smallest absolute Gasteiger partial charge is 0.227 e. The minimum atomic E-state index is -0.298. The molecule has 18 heavy (non-hydrogen) atoms. The molecular formula is C14H18FNO2. The van der Waals surface area contributed by atoms with Crippen LogP contribution >= 0.6 is 0 Å². The monoisotopic (exact) mass is 251 g/mol. The fraction of sp³-hybridized carbons (Fsp3) is 0.500. The second kappa shape index (κ2) is 5.96. The van der Waals surface area contributed by atoms with Gasteiger partial charge in [-0.25, -0.2) is 4.39 Å². The van der Waals surface area contributed by atoms with Gasteiger partial charge in [-0.3, -0.25) is 4.79 Å². The summed E-state index contributed by atoms with van der Waals surface area (Å²) in [6.45, 7) is 0. The molecule has 0 atom stereocenters. The fourth-order valence-corrected chi connectivity index (χ4v) is 2.34. The molecule has 0 aromatic heterocycles. The number of halogens is 1. The lowest BCUT2D eigenvalue weighted by molar-refractivity contribution is -0.121. The van der Waals surface area contributed by atoms with Crippen molar-refractivity contribution in [2.75, 3.05) is 12.4 Å². The molecule has 1 aliphatic rings. The molecule has 98 valence electrons. The molecule has 3 nitrogen and oxygen atoms in total. The first kappa shape index (κ1) is 13.0. The third kappa shape index (κ3) is 3.29. The van der Waals surface area contributed by atoms with Crippen LogP contribution in [0.5, 0.6) is 0 Å². The Hall–Kier alpha value is -1.42. The summed E-state index contributed by atoms with van der Waals surface area (Å²) in [5.74, 6) is -0.230. The van der Waals surface area contributed by atoms with Crippen LogP contribution in [-0.4, -0.2) is 19.1 Å². The number of anilines is 1. The maximum absolute atomic E-state index is 12.7. The molecule has 1 N–H and O–H groups in total. The lowest BCUT2D eigenvalue weighted by atomic mass is 9.87. The van der Waals surface area contributed by atoms with E-state index >= 15 is 0 Å². The van der Waals surface area contributed by atoms with Crippen molar-refractivity contribution in [1.29, 1.82) is 0 Å². The van der Waals surface area contributed by atoms with Crippen LogP contribution in [0.2, 0.25) is 0 Å². The third-order valence-electron chi connectivity index (χ3n) is 3.49. The molecule has 0 aliphatic heterocycles. The zero-order valence-electron chi connectivity index (χ0n) is 10.5. The number of carbonyl (C=O) groups excluding carboxylic acids is 1. The Morgan fingerprint density at radius 2 is 1.83 bits per heavy atom. The Morgan fingerprint density at radius 3 is 2.39 bits per heavy atom. The van der Waals surface area contributed by atoms with Crippen LogP contribution in [0.15, 0.2) is 24.3 Å². The highest BCUT2D eigenvalue weighted by Crippen LogP contribution is 2.26. The molecule has 1 amide bonds. The Kier molecular flexibility index (Phi) is 4.31. The first-order valence-corrected chi connectivity index (χ1v) is 6.28. The van der Waals surface area contributed by atoms with Crippen LogP contribution in [0, 0.1) is 11.7 Å². The first-order valence-electron chi connectivity index (χ1n) is 6.28. The van der Waals surface area contributed by atoms with Crippen LogP contribution in [-0.2, 0) is 9.53 Å². The Bertz CT molecular complexity index is 397. The average molecular weight is 251 g/mol. The van der Waals surface area contributed by atoms with E-state index in [-0.39, 0.29) is 17.6 Å². The maximum atomic E-state index is 12.7. The van der Waals surface area contributed by atoms with Crippen molar-refractivity contribution >= 4 is 11.6 Å². The predicted molar refractivity (Wildman–Crippen MR) is 67.8 cm³/mol.